The van der Waals surface area contributed by atoms with Crippen molar-refractivity contribution in [2.24, 2.45) is 0 Å². The summed E-state index contributed by atoms with van der Waals surface area (Å²) in [5.41, 5.74) is 2.64. The van der Waals surface area contributed by atoms with Crippen LogP contribution in [0.3, 0.4) is 0 Å². The number of carbonyl (C=O) groups excluding carboxylic acids is 1. The predicted octanol–water partition coefficient (Wildman–Crippen LogP) is 4.33. The molecule has 2 aromatic heterocycles. The van der Waals surface area contributed by atoms with Crippen molar-refractivity contribution in [3.8, 4) is 16.3 Å². The van der Waals surface area contributed by atoms with Crippen LogP contribution in [-0.4, -0.2) is 36.0 Å². The van der Waals surface area contributed by atoms with Crippen LogP contribution in [0.2, 0.25) is 0 Å². The van der Waals surface area contributed by atoms with Crippen molar-refractivity contribution in [2.45, 2.75) is 6.92 Å². The Kier molecular flexibility index (Phi) is 5.27. The van der Waals surface area contributed by atoms with E-state index in [0.717, 1.165) is 21.9 Å². The fourth-order valence-corrected chi connectivity index (χ4v) is 3.70. The van der Waals surface area contributed by atoms with Crippen molar-refractivity contribution in [3.05, 3.63) is 57.7 Å². The number of nitrogens with zero attached hydrogens (tertiary/aromatic N) is 2. The summed E-state index contributed by atoms with van der Waals surface area (Å²) in [5, 5.41) is 6.73. The van der Waals surface area contributed by atoms with Crippen molar-refractivity contribution in [2.75, 3.05) is 20.2 Å². The van der Waals surface area contributed by atoms with Crippen LogP contribution in [0.15, 0.2) is 46.5 Å². The van der Waals surface area contributed by atoms with E-state index in [1.54, 1.807) is 23.3 Å². The molecule has 3 aromatic rings. The molecular weight excluding hydrogens is 340 g/mol. The molecule has 2 heterocycles. The summed E-state index contributed by atoms with van der Waals surface area (Å²) >= 11 is 3.12. The molecule has 1 aromatic carbocycles. The maximum absolute atomic E-state index is 12.5. The van der Waals surface area contributed by atoms with Crippen LogP contribution >= 0.6 is 22.7 Å². The van der Waals surface area contributed by atoms with E-state index in [9.17, 15) is 4.79 Å². The first-order valence-corrected chi connectivity index (χ1v) is 9.39. The topological polar surface area (TPSA) is 42.4 Å². The van der Waals surface area contributed by atoms with E-state index in [1.807, 2.05) is 53.4 Å². The fraction of sp³-hybridized carbons (Fsp3) is 0.222. The first-order valence-electron chi connectivity index (χ1n) is 7.57. The van der Waals surface area contributed by atoms with Gasteiger partial charge in [0, 0.05) is 23.4 Å². The lowest BCUT2D eigenvalue weighted by molar-refractivity contribution is 0.0769. The molecule has 4 nitrogen and oxygen atoms in total. The molecule has 24 heavy (non-hydrogen) atoms. The van der Waals surface area contributed by atoms with Crippen LogP contribution in [0, 0.1) is 6.92 Å². The number of benzene rings is 1. The van der Waals surface area contributed by atoms with Crippen molar-refractivity contribution in [1.82, 2.24) is 9.88 Å². The molecule has 0 atom stereocenters. The van der Waals surface area contributed by atoms with Gasteiger partial charge >= 0.3 is 0 Å². The standard InChI is InChI=1S/C18H18N2O2S2/c1-13-5-3-4-6-16(13)22-9-8-20(2)18(21)15-12-24-17(19-15)14-7-10-23-11-14/h3-7,10-12H,8-9H2,1-2H3. The largest absolute Gasteiger partial charge is 0.491 e. The Morgan fingerprint density at radius 3 is 2.83 bits per heavy atom. The van der Waals surface area contributed by atoms with E-state index in [1.165, 1.54) is 11.3 Å². The highest BCUT2D eigenvalue weighted by atomic mass is 32.1. The minimum Gasteiger partial charge on any atom is -0.491 e. The lowest BCUT2D eigenvalue weighted by atomic mass is 10.2. The second-order valence-corrected chi connectivity index (χ2v) is 7.03. The molecule has 0 N–H and O–H groups in total. The van der Waals surface area contributed by atoms with Gasteiger partial charge in [0.1, 0.15) is 23.1 Å². The van der Waals surface area contributed by atoms with E-state index in [4.69, 9.17) is 4.74 Å². The van der Waals surface area contributed by atoms with Crippen LogP contribution in [0.5, 0.6) is 5.75 Å². The molecule has 3 rings (SSSR count). The number of amides is 1. The summed E-state index contributed by atoms with van der Waals surface area (Å²) < 4.78 is 5.75. The van der Waals surface area contributed by atoms with Crippen molar-refractivity contribution >= 4 is 28.6 Å². The van der Waals surface area contributed by atoms with E-state index in [0.29, 0.717) is 18.8 Å². The van der Waals surface area contributed by atoms with Crippen LogP contribution in [0.1, 0.15) is 16.1 Å². The van der Waals surface area contributed by atoms with Crippen LogP contribution in [-0.2, 0) is 0 Å². The molecular formula is C18H18N2O2S2. The normalized spacial score (nSPS) is 10.6. The Morgan fingerprint density at radius 2 is 2.08 bits per heavy atom. The van der Waals surface area contributed by atoms with Gasteiger partial charge < -0.3 is 9.64 Å². The Morgan fingerprint density at radius 1 is 1.25 bits per heavy atom. The smallest absolute Gasteiger partial charge is 0.273 e. The number of hydrogen-bond acceptors (Lipinski definition) is 5. The monoisotopic (exact) mass is 358 g/mol. The van der Waals surface area contributed by atoms with Gasteiger partial charge in [0.25, 0.3) is 5.91 Å². The van der Waals surface area contributed by atoms with E-state index >= 15 is 0 Å². The van der Waals surface area contributed by atoms with Crippen LogP contribution < -0.4 is 4.74 Å². The molecule has 0 saturated carbocycles. The SMILES string of the molecule is Cc1ccccc1OCCN(C)C(=O)c1csc(-c2ccsc2)n1. The molecule has 0 bridgehead atoms. The molecule has 0 aliphatic heterocycles. The zero-order chi connectivity index (χ0) is 16.9. The number of aromatic nitrogens is 1. The third-order valence-electron chi connectivity index (χ3n) is 3.62. The van der Waals surface area contributed by atoms with Crippen LogP contribution in [0.25, 0.3) is 10.6 Å². The summed E-state index contributed by atoms with van der Waals surface area (Å²) in [6.45, 7) is 2.97. The number of ether oxygens (including phenoxy) is 1. The van der Waals surface area contributed by atoms with Crippen LogP contribution in [0.4, 0.5) is 0 Å². The highest BCUT2D eigenvalue weighted by Gasteiger charge is 2.16. The average Bonchev–Trinajstić information content (AvgIpc) is 3.27. The van der Waals surface area contributed by atoms with Gasteiger partial charge in [0.2, 0.25) is 0 Å². The van der Waals surface area contributed by atoms with Gasteiger partial charge in [-0.3, -0.25) is 4.79 Å². The number of hydrogen-bond donors (Lipinski definition) is 0. The summed E-state index contributed by atoms with van der Waals surface area (Å²) in [7, 11) is 1.77. The predicted molar refractivity (Wildman–Crippen MR) is 99.1 cm³/mol. The number of likely N-dealkylation sites (N-methyl/N-ethyl adjacent to an activating group) is 1. The van der Waals surface area contributed by atoms with Crippen molar-refractivity contribution < 1.29 is 9.53 Å². The molecule has 1 amide bonds. The van der Waals surface area contributed by atoms with Gasteiger partial charge in [-0.25, -0.2) is 4.98 Å². The number of rotatable bonds is 6. The van der Waals surface area contributed by atoms with E-state index < -0.39 is 0 Å². The first kappa shape index (κ1) is 16.7. The molecule has 124 valence electrons. The minimum absolute atomic E-state index is 0.0823. The quantitative estimate of drug-likeness (QED) is 0.659. The zero-order valence-corrected chi connectivity index (χ0v) is 15.2. The summed E-state index contributed by atoms with van der Waals surface area (Å²) in [6, 6.07) is 9.87. The van der Waals surface area contributed by atoms with Crippen molar-refractivity contribution in [1.29, 1.82) is 0 Å². The molecule has 6 heteroatoms. The van der Waals surface area contributed by atoms with Gasteiger partial charge in [0.15, 0.2) is 0 Å². The molecule has 0 radical (unpaired) electrons. The van der Waals surface area contributed by atoms with Gasteiger partial charge in [-0.1, -0.05) is 18.2 Å². The van der Waals surface area contributed by atoms with Crippen molar-refractivity contribution in [3.63, 3.8) is 0 Å². The average molecular weight is 358 g/mol. The third-order valence-corrected chi connectivity index (χ3v) is 5.19. The number of carbonyl (C=O) groups is 1. The lowest BCUT2D eigenvalue weighted by Gasteiger charge is -2.17. The maximum Gasteiger partial charge on any atom is 0.273 e. The van der Waals surface area contributed by atoms with Gasteiger partial charge in [-0.05, 0) is 30.0 Å². The maximum atomic E-state index is 12.5. The van der Waals surface area contributed by atoms with Gasteiger partial charge in [-0.15, -0.1) is 11.3 Å². The highest BCUT2D eigenvalue weighted by Crippen LogP contribution is 2.26. The first-order chi connectivity index (χ1) is 11.6. The lowest BCUT2D eigenvalue weighted by Crippen LogP contribution is -2.31. The summed E-state index contributed by atoms with van der Waals surface area (Å²) in [5.74, 6) is 0.771. The number of thiophene rings is 1. The van der Waals surface area contributed by atoms with E-state index in [2.05, 4.69) is 4.98 Å². The van der Waals surface area contributed by atoms with Gasteiger partial charge in [-0.2, -0.15) is 11.3 Å². The molecule has 0 unspecified atom stereocenters. The second-order valence-electron chi connectivity index (χ2n) is 5.39. The number of aryl methyl sites for hydroxylation is 1. The highest BCUT2D eigenvalue weighted by molar-refractivity contribution is 7.14. The minimum atomic E-state index is -0.0823. The Labute approximate surface area is 149 Å². The fourth-order valence-electron chi connectivity index (χ4n) is 2.20. The van der Waals surface area contributed by atoms with Gasteiger partial charge in [0.05, 0.1) is 6.54 Å². The second kappa shape index (κ2) is 7.59. The summed E-state index contributed by atoms with van der Waals surface area (Å²) in [4.78, 5) is 18.5. The molecule has 0 saturated heterocycles. The number of thiazole rings is 1. The Hall–Kier alpha value is -2.18. The zero-order valence-electron chi connectivity index (χ0n) is 13.6. The Balaban J connectivity index is 1.56. The van der Waals surface area contributed by atoms with E-state index in [-0.39, 0.29) is 5.91 Å². The molecule has 0 aliphatic rings. The molecule has 0 aliphatic carbocycles. The molecule has 0 spiro atoms. The number of para-hydroxylation sites is 1. The third kappa shape index (κ3) is 3.83. The summed E-state index contributed by atoms with van der Waals surface area (Å²) in [6.07, 6.45) is 0. The Bertz CT molecular complexity index is 812. The molecule has 0 fully saturated rings.